The Balaban J connectivity index is 1.74. The van der Waals surface area contributed by atoms with Gasteiger partial charge in [-0.1, -0.05) is 359 Å². The second-order valence-corrected chi connectivity index (χ2v) is 47.3. The van der Waals surface area contributed by atoms with Gasteiger partial charge >= 0.3 is 29.8 Å². The van der Waals surface area contributed by atoms with Crippen molar-refractivity contribution in [2.24, 2.45) is 10.8 Å². The molecule has 0 amide bonds. The van der Waals surface area contributed by atoms with Crippen molar-refractivity contribution in [1.29, 1.82) is 0 Å². The number of hydrogen-bond acceptors (Lipinski definition) is 7. The fourth-order valence-electron chi connectivity index (χ4n) is 21.0. The minimum atomic E-state index is -1.00. The monoisotopic (exact) mass is 1640 g/mol. The van der Waals surface area contributed by atoms with Crippen LogP contribution in [0, 0.1) is 10.8 Å². The van der Waals surface area contributed by atoms with Gasteiger partial charge in [0.2, 0.25) is 0 Å². The number of carboxylic acids is 4. The third kappa shape index (κ3) is 22.6. The zero-order chi connectivity index (χ0) is 89.4. The fourth-order valence-corrected chi connectivity index (χ4v) is 21.0. The Labute approximate surface area is 721 Å². The summed E-state index contributed by atoms with van der Waals surface area (Å²) in [6.45, 7) is 69.3. The maximum atomic E-state index is 17.0. The van der Waals surface area contributed by atoms with E-state index in [0.717, 1.165) is 131 Å². The van der Waals surface area contributed by atoms with Crippen LogP contribution in [0.4, 0.5) is 0 Å². The molecule has 1 heterocycles. The topological polar surface area (TPSA) is 185 Å². The van der Waals surface area contributed by atoms with Gasteiger partial charge in [-0.25, -0.2) is 0 Å². The van der Waals surface area contributed by atoms with Crippen LogP contribution in [0.15, 0.2) is 48.5 Å². The lowest BCUT2D eigenvalue weighted by molar-refractivity contribution is -0.163. The summed E-state index contributed by atoms with van der Waals surface area (Å²) < 4.78 is 16.0. The molecule has 3 bridgehead atoms. The van der Waals surface area contributed by atoms with Crippen molar-refractivity contribution in [3.63, 3.8) is 0 Å². The molecule has 4 fully saturated rings. The number of carbonyl (C=O) groups excluding carboxylic acids is 1. The standard InChI is InChI=1S/C108H162O11/c1-31-32-33-34-35-36-37-38-39-40-41-42-43-44-45-46-55-107-65-106(68-118-95(107)117)66-108(107,67-106)90-88(86-76(98(8,9)10)58-70(48-52-83(111)112)59-77(86)99(11,12)13)91(104(26,27)28)94(119-93-80(102(20,21)22)62-72(50-54-85(115)116)63-81(93)103(23,24)25)92(89(90)87-78(100(14,15)16)60-71(49-53-84(113)114)61-79(87)101(17,18)19)105(29,30)64-73-74(96(2,3)4)56-69(47-51-82(109)110)57-75(73)97(5,6)7/h56-63H,31-55,64-68H2,1-30H3,(H,109,110)(H,111,112)(H,113,114)(H,115,116). The number of carbonyl (C=O) groups is 5. The lowest BCUT2D eigenvalue weighted by Crippen LogP contribution is -2.50. The molecule has 0 radical (unpaired) electrons. The first-order chi connectivity index (χ1) is 54.6. The maximum absolute atomic E-state index is 17.0. The van der Waals surface area contributed by atoms with Crippen molar-refractivity contribution >= 4 is 29.8 Å². The van der Waals surface area contributed by atoms with Gasteiger partial charge in [0.05, 0.1) is 12.0 Å². The summed E-state index contributed by atoms with van der Waals surface area (Å²) >= 11 is 0. The van der Waals surface area contributed by atoms with Gasteiger partial charge < -0.3 is 29.9 Å². The lowest BCUT2D eigenvalue weighted by atomic mass is 9.48. The van der Waals surface area contributed by atoms with E-state index in [1.807, 2.05) is 0 Å². The van der Waals surface area contributed by atoms with E-state index in [1.54, 1.807) is 0 Å². The quantitative estimate of drug-likeness (QED) is 0.0219. The van der Waals surface area contributed by atoms with Crippen LogP contribution in [0.25, 0.3) is 22.3 Å². The number of aliphatic carboxylic acids is 4. The van der Waals surface area contributed by atoms with Gasteiger partial charge in [0.15, 0.2) is 0 Å². The zero-order valence-corrected chi connectivity index (χ0v) is 80.5. The summed E-state index contributed by atoms with van der Waals surface area (Å²) in [5.74, 6) is -2.16. The second-order valence-electron chi connectivity index (χ2n) is 47.3. The molecule has 1 unspecified atom stereocenters. The molecule has 3 aliphatic carbocycles. The van der Waals surface area contributed by atoms with Crippen molar-refractivity contribution in [2.45, 2.75) is 453 Å². The SMILES string of the molecule is CCCCCCCCCCCCCCCCCCC12CC3(COC1=O)CC2(c1c(-c2c(C(C)(C)C)cc(CCC(=O)O)cc2C(C)(C)C)c(C(C)(C)C)c(Oc2c(C(C)(C)C)cc(CCC(=O)O)cc2C(C)(C)C)c(C(C)(C)Cc2c(C(C)(C)C)cc(CCC(=O)O)cc2C(C)(C)C)c1-c1c(C(C)(C)C)cc(CCC(=O)O)cc1C(C)(C)C)C3. The number of rotatable bonds is 37. The Kier molecular flexibility index (Phi) is 30.0. The molecule has 660 valence electrons. The molecule has 4 N–H and O–H groups in total. The van der Waals surface area contributed by atoms with Crippen LogP contribution in [-0.2, 0) is 120 Å². The normalized spacial score (nSPS) is 18.2. The minimum absolute atomic E-state index is 0.0157. The largest absolute Gasteiger partial charge is 0.481 e. The molecular weight excluding hydrogens is 1470 g/mol. The van der Waals surface area contributed by atoms with E-state index in [0.29, 0.717) is 75.9 Å². The van der Waals surface area contributed by atoms with Gasteiger partial charge in [0.1, 0.15) is 11.5 Å². The number of benzene rings is 5. The lowest BCUT2D eigenvalue weighted by Gasteiger charge is -2.53. The first kappa shape index (κ1) is 97.7. The number of esters is 1. The second kappa shape index (κ2) is 36.6. The molecule has 9 rings (SSSR count). The molecule has 119 heavy (non-hydrogen) atoms. The number of hydrogen-bond donors (Lipinski definition) is 4. The Morgan fingerprint density at radius 1 is 0.353 bits per heavy atom. The number of aryl methyl sites for hydroxylation is 4. The predicted octanol–water partition coefficient (Wildman–Crippen LogP) is 28.7. The highest BCUT2D eigenvalue weighted by Crippen LogP contribution is 2.81. The molecule has 1 aliphatic heterocycles. The minimum Gasteiger partial charge on any atom is -0.481 e. The summed E-state index contributed by atoms with van der Waals surface area (Å²) in [6, 6.07) is 18.3. The van der Waals surface area contributed by atoms with E-state index in [2.05, 4.69) is 256 Å². The Bertz CT molecular complexity index is 4330. The van der Waals surface area contributed by atoms with Gasteiger partial charge in [0.25, 0.3) is 0 Å². The van der Waals surface area contributed by atoms with Gasteiger partial charge in [0, 0.05) is 58.8 Å². The maximum Gasteiger partial charge on any atom is 0.313 e. The van der Waals surface area contributed by atoms with Crippen LogP contribution in [0.5, 0.6) is 11.5 Å². The van der Waals surface area contributed by atoms with Crippen molar-refractivity contribution in [1.82, 2.24) is 0 Å². The summed E-state index contributed by atoms with van der Waals surface area (Å²) in [6.07, 6.45) is 24.0. The van der Waals surface area contributed by atoms with Crippen molar-refractivity contribution in [3.05, 3.63) is 138 Å². The van der Waals surface area contributed by atoms with E-state index < -0.39 is 88.9 Å². The smallest absolute Gasteiger partial charge is 0.313 e. The Hall–Kier alpha value is -6.75. The van der Waals surface area contributed by atoms with Crippen molar-refractivity contribution in [2.75, 3.05) is 6.61 Å². The van der Waals surface area contributed by atoms with E-state index in [4.69, 9.17) is 9.47 Å². The highest BCUT2D eigenvalue weighted by atomic mass is 16.5. The van der Waals surface area contributed by atoms with Crippen LogP contribution < -0.4 is 4.74 Å². The number of unbranched alkanes of at least 4 members (excludes halogenated alkanes) is 15. The molecule has 1 spiro atoms. The van der Waals surface area contributed by atoms with Crippen LogP contribution in [0.2, 0.25) is 0 Å². The first-order valence-corrected chi connectivity index (χ1v) is 46.3. The molecule has 11 heteroatoms. The molecule has 3 saturated carbocycles. The highest BCUT2D eigenvalue weighted by molar-refractivity contribution is 5.97. The van der Waals surface area contributed by atoms with E-state index in [1.165, 1.54) is 82.6 Å². The molecule has 11 nitrogen and oxygen atoms in total. The summed E-state index contributed by atoms with van der Waals surface area (Å²) in [5.41, 5.74) is 12.2. The molecule has 5 aromatic rings. The van der Waals surface area contributed by atoms with Crippen LogP contribution >= 0.6 is 0 Å². The molecule has 1 atom stereocenters. The molecule has 4 aliphatic rings. The molecular formula is C108H162O11. The third-order valence-corrected chi connectivity index (χ3v) is 26.8. The van der Waals surface area contributed by atoms with Crippen molar-refractivity contribution < 1.29 is 53.9 Å². The third-order valence-electron chi connectivity index (χ3n) is 26.8. The first-order valence-electron chi connectivity index (χ1n) is 46.3. The fraction of sp³-hybridized carbons (Fsp3) is 0.676. The van der Waals surface area contributed by atoms with Gasteiger partial charge in [-0.15, -0.1) is 0 Å². The number of cyclic esters (lactones) is 1. The van der Waals surface area contributed by atoms with E-state index in [-0.39, 0.29) is 37.1 Å². The van der Waals surface area contributed by atoms with Crippen LogP contribution in [0.3, 0.4) is 0 Å². The number of carboxylic acid groups (broad SMARTS) is 4. The summed E-state index contributed by atoms with van der Waals surface area (Å²) in [7, 11) is 0. The summed E-state index contributed by atoms with van der Waals surface area (Å²) in [5, 5.41) is 42.2. The predicted molar refractivity (Wildman–Crippen MR) is 495 cm³/mol. The average molecular weight is 1640 g/mol. The van der Waals surface area contributed by atoms with E-state index >= 15 is 4.79 Å². The van der Waals surface area contributed by atoms with Crippen LogP contribution in [-0.4, -0.2) is 56.9 Å². The molecule has 5 aromatic carbocycles. The Morgan fingerprint density at radius 2 is 0.639 bits per heavy atom. The van der Waals surface area contributed by atoms with Gasteiger partial charge in [-0.2, -0.15) is 0 Å². The average Bonchev–Trinajstić information content (AvgIpc) is 1.48. The van der Waals surface area contributed by atoms with Crippen molar-refractivity contribution in [3.8, 4) is 33.8 Å². The molecule has 1 saturated heterocycles. The number of ether oxygens (including phenoxy) is 2. The van der Waals surface area contributed by atoms with Crippen LogP contribution in [0.1, 0.15) is 451 Å². The van der Waals surface area contributed by atoms with Gasteiger partial charge in [-0.3, -0.25) is 24.0 Å². The zero-order valence-electron chi connectivity index (χ0n) is 80.5. The summed E-state index contributed by atoms with van der Waals surface area (Å²) in [4.78, 5) is 68.4. The molecule has 0 aromatic heterocycles. The van der Waals surface area contributed by atoms with Gasteiger partial charge in [-0.05, 0) is 201 Å². The Morgan fingerprint density at radius 3 is 0.933 bits per heavy atom. The van der Waals surface area contributed by atoms with E-state index in [9.17, 15) is 39.6 Å². The highest BCUT2D eigenvalue weighted by Gasteiger charge is 2.80.